The Kier molecular flexibility index (Phi) is 3.75. The molecule has 1 fully saturated rings. The lowest BCUT2D eigenvalue weighted by Gasteiger charge is -2.37. The van der Waals surface area contributed by atoms with E-state index in [0.717, 1.165) is 12.1 Å². The largest absolute Gasteiger partial charge is 0.417 e. The standard InChI is InChI=1S/C12H14F3N3O/c1-2-18(9-6-16-7-9)11(19)10-4-3-8(5-17-10)12(13,14)15/h3-5,9,16H,2,6-7H2,1H3. The fourth-order valence-corrected chi connectivity index (χ4v) is 1.90. The molecule has 0 radical (unpaired) electrons. The van der Waals surface area contributed by atoms with Crippen LogP contribution in [0.25, 0.3) is 0 Å². The third kappa shape index (κ3) is 2.86. The van der Waals surface area contributed by atoms with Crippen molar-refractivity contribution in [2.75, 3.05) is 19.6 Å². The molecule has 2 heterocycles. The monoisotopic (exact) mass is 273 g/mol. The normalized spacial score (nSPS) is 16.0. The van der Waals surface area contributed by atoms with Crippen molar-refractivity contribution in [1.82, 2.24) is 15.2 Å². The molecule has 0 unspecified atom stereocenters. The van der Waals surface area contributed by atoms with Crippen molar-refractivity contribution in [3.8, 4) is 0 Å². The van der Waals surface area contributed by atoms with Crippen LogP contribution in [0.3, 0.4) is 0 Å². The second-order valence-electron chi connectivity index (χ2n) is 4.33. The first-order chi connectivity index (χ1) is 8.93. The Morgan fingerprint density at radius 3 is 2.53 bits per heavy atom. The molecule has 0 atom stereocenters. The number of rotatable bonds is 3. The molecule has 0 saturated carbocycles. The van der Waals surface area contributed by atoms with Gasteiger partial charge in [-0.3, -0.25) is 9.78 Å². The van der Waals surface area contributed by atoms with Crippen LogP contribution in [0.1, 0.15) is 23.0 Å². The number of halogens is 3. The highest BCUT2D eigenvalue weighted by atomic mass is 19.4. The summed E-state index contributed by atoms with van der Waals surface area (Å²) in [4.78, 5) is 17.4. The van der Waals surface area contributed by atoms with E-state index < -0.39 is 11.7 Å². The zero-order chi connectivity index (χ0) is 14.0. The molecule has 1 aliphatic rings. The van der Waals surface area contributed by atoms with Gasteiger partial charge >= 0.3 is 6.18 Å². The van der Waals surface area contributed by atoms with E-state index in [2.05, 4.69) is 10.3 Å². The number of amides is 1. The summed E-state index contributed by atoms with van der Waals surface area (Å²) in [7, 11) is 0. The topological polar surface area (TPSA) is 45.2 Å². The Balaban J connectivity index is 2.14. The highest BCUT2D eigenvalue weighted by molar-refractivity contribution is 5.92. The molecule has 0 spiro atoms. The van der Waals surface area contributed by atoms with Crippen LogP contribution < -0.4 is 5.32 Å². The van der Waals surface area contributed by atoms with Crippen molar-refractivity contribution in [3.63, 3.8) is 0 Å². The Morgan fingerprint density at radius 2 is 2.16 bits per heavy atom. The first kappa shape index (κ1) is 13.8. The summed E-state index contributed by atoms with van der Waals surface area (Å²) in [5.74, 6) is -0.331. The first-order valence-electron chi connectivity index (χ1n) is 5.98. The fraction of sp³-hybridized carbons (Fsp3) is 0.500. The average molecular weight is 273 g/mol. The number of carbonyl (C=O) groups excluding carboxylic acids is 1. The van der Waals surface area contributed by atoms with Gasteiger partial charge in [-0.2, -0.15) is 13.2 Å². The predicted molar refractivity (Wildman–Crippen MR) is 62.6 cm³/mol. The minimum absolute atomic E-state index is 0.0433. The number of alkyl halides is 3. The van der Waals surface area contributed by atoms with E-state index in [1.54, 1.807) is 4.90 Å². The highest BCUT2D eigenvalue weighted by Gasteiger charge is 2.32. The lowest BCUT2D eigenvalue weighted by molar-refractivity contribution is -0.137. The fourth-order valence-electron chi connectivity index (χ4n) is 1.90. The van der Waals surface area contributed by atoms with Gasteiger partial charge in [-0.1, -0.05) is 0 Å². The maximum absolute atomic E-state index is 12.4. The average Bonchev–Trinajstić information content (AvgIpc) is 2.31. The molecular formula is C12H14F3N3O. The number of carbonyl (C=O) groups is 1. The Bertz CT molecular complexity index is 454. The molecular weight excluding hydrogens is 259 g/mol. The van der Waals surface area contributed by atoms with Crippen LogP contribution >= 0.6 is 0 Å². The van der Waals surface area contributed by atoms with Gasteiger partial charge in [-0.05, 0) is 19.1 Å². The Morgan fingerprint density at radius 1 is 1.47 bits per heavy atom. The van der Waals surface area contributed by atoms with Crippen molar-refractivity contribution in [2.45, 2.75) is 19.1 Å². The molecule has 2 rings (SSSR count). The van der Waals surface area contributed by atoms with Crippen LogP contribution in [-0.2, 0) is 6.18 Å². The van der Waals surface area contributed by atoms with Gasteiger partial charge in [0, 0.05) is 25.8 Å². The second-order valence-corrected chi connectivity index (χ2v) is 4.33. The molecule has 1 amide bonds. The lowest BCUT2D eigenvalue weighted by atomic mass is 10.1. The molecule has 104 valence electrons. The van der Waals surface area contributed by atoms with E-state index in [4.69, 9.17) is 0 Å². The van der Waals surface area contributed by atoms with E-state index >= 15 is 0 Å². The van der Waals surface area contributed by atoms with E-state index in [1.807, 2.05) is 6.92 Å². The van der Waals surface area contributed by atoms with Crippen LogP contribution in [0.4, 0.5) is 13.2 Å². The third-order valence-electron chi connectivity index (χ3n) is 3.11. The summed E-state index contributed by atoms with van der Waals surface area (Å²) in [6.45, 7) is 3.76. The van der Waals surface area contributed by atoms with Crippen molar-refractivity contribution in [3.05, 3.63) is 29.6 Å². The van der Waals surface area contributed by atoms with Crippen LogP contribution in [0, 0.1) is 0 Å². The zero-order valence-corrected chi connectivity index (χ0v) is 10.4. The van der Waals surface area contributed by atoms with E-state index in [1.165, 1.54) is 0 Å². The zero-order valence-electron chi connectivity index (χ0n) is 10.4. The number of aromatic nitrogens is 1. The number of nitrogens with zero attached hydrogens (tertiary/aromatic N) is 2. The molecule has 0 aliphatic carbocycles. The minimum atomic E-state index is -4.43. The van der Waals surface area contributed by atoms with Gasteiger partial charge in [0.1, 0.15) is 5.69 Å². The molecule has 1 saturated heterocycles. The van der Waals surface area contributed by atoms with E-state index in [9.17, 15) is 18.0 Å². The molecule has 1 aromatic rings. The number of hydrogen-bond acceptors (Lipinski definition) is 3. The van der Waals surface area contributed by atoms with Crippen molar-refractivity contribution < 1.29 is 18.0 Å². The smallest absolute Gasteiger partial charge is 0.332 e. The maximum atomic E-state index is 12.4. The van der Waals surface area contributed by atoms with Crippen molar-refractivity contribution in [2.24, 2.45) is 0 Å². The lowest BCUT2D eigenvalue weighted by Crippen LogP contribution is -2.58. The van der Waals surface area contributed by atoms with Gasteiger partial charge < -0.3 is 10.2 Å². The number of likely N-dealkylation sites (N-methyl/N-ethyl adjacent to an activating group) is 1. The summed E-state index contributed by atoms with van der Waals surface area (Å²) in [5.41, 5.74) is -0.806. The molecule has 0 bridgehead atoms. The second kappa shape index (κ2) is 5.16. The molecule has 0 aromatic carbocycles. The minimum Gasteiger partial charge on any atom is -0.332 e. The van der Waals surface area contributed by atoms with E-state index in [0.29, 0.717) is 25.8 Å². The molecule has 4 nitrogen and oxygen atoms in total. The molecule has 7 heteroatoms. The van der Waals surface area contributed by atoms with Crippen LogP contribution in [0.15, 0.2) is 18.3 Å². The third-order valence-corrected chi connectivity index (χ3v) is 3.11. The Labute approximate surface area is 108 Å². The molecule has 1 aromatic heterocycles. The number of hydrogen-bond donors (Lipinski definition) is 1. The predicted octanol–water partition coefficient (Wildman–Crippen LogP) is 1.53. The summed E-state index contributed by atoms with van der Waals surface area (Å²) >= 11 is 0. The van der Waals surface area contributed by atoms with Gasteiger partial charge in [0.05, 0.1) is 11.6 Å². The Hall–Kier alpha value is -1.63. The number of nitrogens with one attached hydrogen (secondary N) is 1. The van der Waals surface area contributed by atoms with E-state index in [-0.39, 0.29) is 17.6 Å². The summed E-state index contributed by atoms with van der Waals surface area (Å²) < 4.78 is 37.2. The summed E-state index contributed by atoms with van der Waals surface area (Å²) in [5, 5.41) is 3.05. The van der Waals surface area contributed by atoms with Gasteiger partial charge in [0.2, 0.25) is 0 Å². The van der Waals surface area contributed by atoms with Crippen molar-refractivity contribution in [1.29, 1.82) is 0 Å². The first-order valence-corrected chi connectivity index (χ1v) is 5.98. The summed E-state index contributed by atoms with van der Waals surface area (Å²) in [6.07, 6.45) is -3.74. The molecule has 19 heavy (non-hydrogen) atoms. The summed E-state index contributed by atoms with van der Waals surface area (Å²) in [6, 6.07) is 2.11. The van der Waals surface area contributed by atoms with Crippen LogP contribution in [-0.4, -0.2) is 41.5 Å². The molecule has 1 N–H and O–H groups in total. The van der Waals surface area contributed by atoms with Crippen molar-refractivity contribution >= 4 is 5.91 Å². The van der Waals surface area contributed by atoms with Gasteiger partial charge in [0.25, 0.3) is 5.91 Å². The van der Waals surface area contributed by atoms with Gasteiger partial charge in [-0.15, -0.1) is 0 Å². The van der Waals surface area contributed by atoms with Crippen LogP contribution in [0.2, 0.25) is 0 Å². The quantitative estimate of drug-likeness (QED) is 0.908. The van der Waals surface area contributed by atoms with Gasteiger partial charge in [-0.25, -0.2) is 0 Å². The SMILES string of the molecule is CCN(C(=O)c1ccc(C(F)(F)F)cn1)C1CNC1. The van der Waals surface area contributed by atoms with Crippen LogP contribution in [0.5, 0.6) is 0 Å². The number of pyridine rings is 1. The highest BCUT2D eigenvalue weighted by Crippen LogP contribution is 2.28. The molecule has 1 aliphatic heterocycles. The maximum Gasteiger partial charge on any atom is 0.417 e. The van der Waals surface area contributed by atoms with Gasteiger partial charge in [0.15, 0.2) is 0 Å².